The van der Waals surface area contributed by atoms with Crippen LogP contribution in [0.3, 0.4) is 0 Å². The lowest BCUT2D eigenvalue weighted by Gasteiger charge is -2.34. The van der Waals surface area contributed by atoms with Crippen LogP contribution >= 0.6 is 0 Å². The molecule has 1 amide bonds. The minimum absolute atomic E-state index is 0.103. The Morgan fingerprint density at radius 3 is 2.46 bits per heavy atom. The van der Waals surface area contributed by atoms with E-state index >= 15 is 0 Å². The standard InChI is InChI=1S/C23H32N4O/c1-18-16-22(24-25(18)2)23(28)27-15-11-21(17-27)20-9-13-26(14-10-20)12-8-19-6-4-3-5-7-19/h3-7,16,20-21H,8-15,17H2,1-2H3. The molecule has 5 nitrogen and oxygen atoms in total. The molecule has 0 aliphatic carbocycles. The van der Waals surface area contributed by atoms with Crippen LogP contribution in [0.5, 0.6) is 0 Å². The lowest BCUT2D eigenvalue weighted by molar-refractivity contribution is 0.0767. The maximum Gasteiger partial charge on any atom is 0.274 e. The number of aryl methyl sites for hydroxylation is 2. The number of carbonyl (C=O) groups is 1. The van der Waals surface area contributed by atoms with Crippen molar-refractivity contribution in [1.29, 1.82) is 0 Å². The van der Waals surface area contributed by atoms with E-state index in [4.69, 9.17) is 0 Å². The third-order valence-electron chi connectivity index (χ3n) is 6.70. The number of piperidine rings is 1. The summed E-state index contributed by atoms with van der Waals surface area (Å²) in [5.41, 5.74) is 3.05. The number of carbonyl (C=O) groups excluding carboxylic acids is 1. The summed E-state index contributed by atoms with van der Waals surface area (Å²) in [6.45, 7) is 7.33. The zero-order valence-electron chi connectivity index (χ0n) is 17.2. The van der Waals surface area contributed by atoms with E-state index in [2.05, 4.69) is 40.3 Å². The van der Waals surface area contributed by atoms with Crippen LogP contribution in [0.4, 0.5) is 0 Å². The molecule has 28 heavy (non-hydrogen) atoms. The maximum absolute atomic E-state index is 12.8. The summed E-state index contributed by atoms with van der Waals surface area (Å²) in [5.74, 6) is 1.52. The fourth-order valence-corrected chi connectivity index (χ4v) is 4.76. The van der Waals surface area contributed by atoms with Crippen LogP contribution < -0.4 is 0 Å². The Hall–Kier alpha value is -2.14. The zero-order valence-corrected chi connectivity index (χ0v) is 17.2. The number of hydrogen-bond donors (Lipinski definition) is 0. The molecule has 2 aliphatic heterocycles. The van der Waals surface area contributed by atoms with Gasteiger partial charge >= 0.3 is 0 Å². The molecule has 2 fully saturated rings. The Kier molecular flexibility index (Phi) is 5.81. The third-order valence-corrected chi connectivity index (χ3v) is 6.70. The molecule has 1 aromatic heterocycles. The zero-order chi connectivity index (χ0) is 19.5. The van der Waals surface area contributed by atoms with Crippen molar-refractivity contribution < 1.29 is 4.79 Å². The lowest BCUT2D eigenvalue weighted by atomic mass is 9.83. The summed E-state index contributed by atoms with van der Waals surface area (Å²) < 4.78 is 1.78. The van der Waals surface area contributed by atoms with Crippen molar-refractivity contribution in [1.82, 2.24) is 19.6 Å². The van der Waals surface area contributed by atoms with Gasteiger partial charge in [0.1, 0.15) is 0 Å². The van der Waals surface area contributed by atoms with Gasteiger partial charge in [-0.3, -0.25) is 9.48 Å². The Balaban J connectivity index is 1.24. The average molecular weight is 381 g/mol. The van der Waals surface area contributed by atoms with E-state index in [1.807, 2.05) is 24.9 Å². The summed E-state index contributed by atoms with van der Waals surface area (Å²) in [4.78, 5) is 17.4. The van der Waals surface area contributed by atoms with Gasteiger partial charge in [0.2, 0.25) is 0 Å². The first kappa shape index (κ1) is 19.2. The molecule has 2 saturated heterocycles. The smallest absolute Gasteiger partial charge is 0.274 e. The van der Waals surface area contributed by atoms with E-state index in [1.54, 1.807) is 4.68 Å². The monoisotopic (exact) mass is 380 g/mol. The minimum Gasteiger partial charge on any atom is -0.337 e. The van der Waals surface area contributed by atoms with Crippen molar-refractivity contribution in [3.05, 3.63) is 53.3 Å². The molecule has 150 valence electrons. The lowest BCUT2D eigenvalue weighted by Crippen LogP contribution is -2.38. The van der Waals surface area contributed by atoms with E-state index in [0.717, 1.165) is 44.1 Å². The number of amides is 1. The number of rotatable bonds is 5. The first-order chi connectivity index (χ1) is 13.6. The molecular weight excluding hydrogens is 348 g/mol. The molecule has 0 saturated carbocycles. The number of likely N-dealkylation sites (tertiary alicyclic amines) is 2. The van der Waals surface area contributed by atoms with Crippen LogP contribution in [0.25, 0.3) is 0 Å². The molecular formula is C23H32N4O. The van der Waals surface area contributed by atoms with Gasteiger partial charge in [-0.1, -0.05) is 30.3 Å². The number of aromatic nitrogens is 2. The fraction of sp³-hybridized carbons (Fsp3) is 0.565. The van der Waals surface area contributed by atoms with Gasteiger partial charge in [-0.25, -0.2) is 0 Å². The first-order valence-corrected chi connectivity index (χ1v) is 10.7. The number of hydrogen-bond acceptors (Lipinski definition) is 3. The van der Waals surface area contributed by atoms with Crippen LogP contribution in [0, 0.1) is 18.8 Å². The molecule has 1 aromatic carbocycles. The van der Waals surface area contributed by atoms with E-state index < -0.39 is 0 Å². The van der Waals surface area contributed by atoms with Gasteiger partial charge in [0, 0.05) is 32.4 Å². The van der Waals surface area contributed by atoms with Crippen molar-refractivity contribution in [2.75, 3.05) is 32.7 Å². The maximum atomic E-state index is 12.8. The molecule has 0 spiro atoms. The highest BCUT2D eigenvalue weighted by Gasteiger charge is 2.34. The average Bonchev–Trinajstić information content (AvgIpc) is 3.34. The van der Waals surface area contributed by atoms with E-state index in [1.165, 1.54) is 31.5 Å². The highest BCUT2D eigenvalue weighted by atomic mass is 16.2. The van der Waals surface area contributed by atoms with Crippen molar-refractivity contribution in [3.8, 4) is 0 Å². The second kappa shape index (κ2) is 8.48. The Bertz CT molecular complexity index is 773. The van der Waals surface area contributed by atoms with E-state index in [-0.39, 0.29) is 5.91 Å². The van der Waals surface area contributed by atoms with Gasteiger partial charge < -0.3 is 9.80 Å². The van der Waals surface area contributed by atoms with Gasteiger partial charge in [-0.05, 0) is 69.2 Å². The Morgan fingerprint density at radius 2 is 1.79 bits per heavy atom. The van der Waals surface area contributed by atoms with Crippen LogP contribution in [0.2, 0.25) is 0 Å². The van der Waals surface area contributed by atoms with E-state index in [0.29, 0.717) is 11.6 Å². The first-order valence-electron chi connectivity index (χ1n) is 10.7. The molecule has 5 heteroatoms. The molecule has 3 heterocycles. The van der Waals surface area contributed by atoms with Crippen molar-refractivity contribution in [2.45, 2.75) is 32.6 Å². The van der Waals surface area contributed by atoms with Crippen molar-refractivity contribution in [2.24, 2.45) is 18.9 Å². The van der Waals surface area contributed by atoms with Gasteiger partial charge in [0.15, 0.2) is 5.69 Å². The summed E-state index contributed by atoms with van der Waals surface area (Å²) in [5, 5.41) is 4.37. The molecule has 0 bridgehead atoms. The van der Waals surface area contributed by atoms with E-state index in [9.17, 15) is 4.79 Å². The Morgan fingerprint density at radius 1 is 1.07 bits per heavy atom. The van der Waals surface area contributed by atoms with Crippen LogP contribution in [0.1, 0.15) is 41.0 Å². The highest BCUT2D eigenvalue weighted by Crippen LogP contribution is 2.32. The van der Waals surface area contributed by atoms with Gasteiger partial charge in [-0.2, -0.15) is 5.10 Å². The summed E-state index contributed by atoms with van der Waals surface area (Å²) >= 11 is 0. The molecule has 1 atom stereocenters. The summed E-state index contributed by atoms with van der Waals surface area (Å²) in [6.07, 6.45) is 4.82. The topological polar surface area (TPSA) is 41.4 Å². The van der Waals surface area contributed by atoms with Crippen LogP contribution in [0.15, 0.2) is 36.4 Å². The second-order valence-electron chi connectivity index (χ2n) is 8.51. The molecule has 2 aromatic rings. The van der Waals surface area contributed by atoms with Gasteiger partial charge in [0.05, 0.1) is 0 Å². The summed E-state index contributed by atoms with van der Waals surface area (Å²) in [6, 6.07) is 12.7. The SMILES string of the molecule is Cc1cc(C(=O)N2CCC(C3CCN(CCc4ccccc4)CC3)C2)nn1C. The third kappa shape index (κ3) is 4.30. The second-order valence-corrected chi connectivity index (χ2v) is 8.51. The number of nitrogens with zero attached hydrogens (tertiary/aromatic N) is 4. The Labute approximate surface area is 168 Å². The quantitative estimate of drug-likeness (QED) is 0.800. The number of benzene rings is 1. The molecule has 4 rings (SSSR count). The largest absolute Gasteiger partial charge is 0.337 e. The molecule has 0 N–H and O–H groups in total. The predicted octanol–water partition coefficient (Wildman–Crippen LogP) is 3.15. The normalized spacial score (nSPS) is 21.4. The molecule has 2 aliphatic rings. The van der Waals surface area contributed by atoms with Gasteiger partial charge in [0.25, 0.3) is 5.91 Å². The summed E-state index contributed by atoms with van der Waals surface area (Å²) in [7, 11) is 1.89. The van der Waals surface area contributed by atoms with Crippen molar-refractivity contribution >= 4 is 5.91 Å². The highest BCUT2D eigenvalue weighted by molar-refractivity contribution is 5.92. The van der Waals surface area contributed by atoms with Crippen LogP contribution in [-0.2, 0) is 13.5 Å². The molecule has 0 radical (unpaired) electrons. The predicted molar refractivity (Wildman–Crippen MR) is 111 cm³/mol. The minimum atomic E-state index is 0.103. The van der Waals surface area contributed by atoms with Crippen LogP contribution in [-0.4, -0.2) is 58.2 Å². The fourth-order valence-electron chi connectivity index (χ4n) is 4.76. The molecule has 1 unspecified atom stereocenters. The van der Waals surface area contributed by atoms with Crippen molar-refractivity contribution in [3.63, 3.8) is 0 Å². The van der Waals surface area contributed by atoms with Gasteiger partial charge in [-0.15, -0.1) is 0 Å².